The van der Waals surface area contributed by atoms with E-state index < -0.39 is 0 Å². The van der Waals surface area contributed by atoms with E-state index in [1.165, 1.54) is 17.3 Å². The van der Waals surface area contributed by atoms with Gasteiger partial charge in [-0.2, -0.15) is 0 Å². The number of phenols is 1. The van der Waals surface area contributed by atoms with Crippen LogP contribution in [0.2, 0.25) is 0 Å². The van der Waals surface area contributed by atoms with Crippen molar-refractivity contribution < 1.29 is 9.50 Å². The van der Waals surface area contributed by atoms with E-state index in [1.807, 2.05) is 0 Å². The number of phenolic OH excluding ortho intramolecular Hbond substituents is 1. The van der Waals surface area contributed by atoms with Gasteiger partial charge in [0.1, 0.15) is 11.6 Å². The summed E-state index contributed by atoms with van der Waals surface area (Å²) in [5.41, 5.74) is 3.23. The Kier molecular flexibility index (Phi) is 3.21. The van der Waals surface area contributed by atoms with Gasteiger partial charge in [-0.3, -0.25) is 0 Å². The summed E-state index contributed by atoms with van der Waals surface area (Å²) in [5, 5.41) is 11.1. The monoisotopic (exact) mass is 276 g/mol. The molecular formula is C16H21FN2O. The first-order valence-electron chi connectivity index (χ1n) is 7.21. The molecule has 4 heteroatoms. The first-order valence-corrected chi connectivity index (χ1v) is 7.21. The normalized spacial score (nSPS) is 16.6. The zero-order valence-electron chi connectivity index (χ0n) is 12.3. The molecule has 0 saturated heterocycles. The van der Waals surface area contributed by atoms with Crippen LogP contribution in [0, 0.1) is 5.82 Å². The minimum Gasteiger partial charge on any atom is -0.506 e. The van der Waals surface area contributed by atoms with Gasteiger partial charge in [-0.05, 0) is 24.6 Å². The molecule has 1 aliphatic heterocycles. The molecule has 0 unspecified atom stereocenters. The minimum atomic E-state index is -0.366. The van der Waals surface area contributed by atoms with Crippen LogP contribution in [0.4, 0.5) is 4.39 Å². The number of rotatable bonds is 1. The van der Waals surface area contributed by atoms with Gasteiger partial charge in [0.25, 0.3) is 0 Å². The van der Waals surface area contributed by atoms with Gasteiger partial charge < -0.3 is 14.6 Å². The molecule has 3 nitrogen and oxygen atoms in total. The van der Waals surface area contributed by atoms with Crippen LogP contribution in [0.15, 0.2) is 12.1 Å². The van der Waals surface area contributed by atoms with Crippen LogP contribution in [0.3, 0.4) is 0 Å². The standard InChI is InChI=1S/C16H21FN2O/c1-10(2)15-12-8-11(17)9-14(20)16(12)19-7-6-18(3)5-4-13(15)19/h8-10,20H,4-7H2,1-3H3. The summed E-state index contributed by atoms with van der Waals surface area (Å²) in [6.07, 6.45) is 0.944. The largest absolute Gasteiger partial charge is 0.506 e. The lowest BCUT2D eigenvalue weighted by Gasteiger charge is -2.12. The van der Waals surface area contributed by atoms with Crippen molar-refractivity contribution in [2.75, 3.05) is 20.1 Å². The summed E-state index contributed by atoms with van der Waals surface area (Å²) in [7, 11) is 2.11. The maximum atomic E-state index is 13.7. The Morgan fingerprint density at radius 3 is 2.65 bits per heavy atom. The predicted molar refractivity (Wildman–Crippen MR) is 78.9 cm³/mol. The third-order valence-corrected chi connectivity index (χ3v) is 4.26. The van der Waals surface area contributed by atoms with E-state index in [4.69, 9.17) is 0 Å². The summed E-state index contributed by atoms with van der Waals surface area (Å²) < 4.78 is 15.9. The Hall–Kier alpha value is -1.55. The molecule has 0 spiro atoms. The Bertz CT molecular complexity index is 660. The molecule has 20 heavy (non-hydrogen) atoms. The quantitative estimate of drug-likeness (QED) is 0.867. The number of nitrogens with zero attached hydrogens (tertiary/aromatic N) is 2. The van der Waals surface area contributed by atoms with Gasteiger partial charge in [0, 0.05) is 43.2 Å². The Labute approximate surface area is 118 Å². The van der Waals surface area contributed by atoms with Crippen LogP contribution < -0.4 is 0 Å². The van der Waals surface area contributed by atoms with Gasteiger partial charge in [0.05, 0.1) is 5.52 Å². The second-order valence-corrected chi connectivity index (χ2v) is 6.04. The van der Waals surface area contributed by atoms with Crippen molar-refractivity contribution in [2.24, 2.45) is 0 Å². The first kappa shape index (κ1) is 13.4. The van der Waals surface area contributed by atoms with Gasteiger partial charge in [-0.25, -0.2) is 4.39 Å². The van der Waals surface area contributed by atoms with Crippen LogP contribution in [-0.2, 0) is 13.0 Å². The highest BCUT2D eigenvalue weighted by Crippen LogP contribution is 2.38. The first-order chi connectivity index (χ1) is 9.49. The van der Waals surface area contributed by atoms with Crippen LogP contribution in [0.25, 0.3) is 10.9 Å². The average Bonchev–Trinajstić information content (AvgIpc) is 2.56. The summed E-state index contributed by atoms with van der Waals surface area (Å²) in [6.45, 7) is 7.05. The molecule has 0 atom stereocenters. The molecule has 0 bridgehead atoms. The van der Waals surface area contributed by atoms with Gasteiger partial charge in [0.2, 0.25) is 0 Å². The Morgan fingerprint density at radius 1 is 1.20 bits per heavy atom. The van der Waals surface area contributed by atoms with E-state index >= 15 is 0 Å². The zero-order chi connectivity index (χ0) is 14.4. The molecule has 0 amide bonds. The number of likely N-dealkylation sites (N-methyl/N-ethyl adjacent to an activating group) is 1. The highest BCUT2D eigenvalue weighted by atomic mass is 19.1. The molecule has 0 fully saturated rings. The van der Waals surface area contributed by atoms with Gasteiger partial charge in [-0.15, -0.1) is 0 Å². The maximum Gasteiger partial charge on any atom is 0.142 e. The third kappa shape index (κ3) is 1.99. The second-order valence-electron chi connectivity index (χ2n) is 6.04. The fourth-order valence-corrected chi connectivity index (χ4v) is 3.35. The fraction of sp³-hybridized carbons (Fsp3) is 0.500. The zero-order valence-corrected chi connectivity index (χ0v) is 12.3. The van der Waals surface area contributed by atoms with E-state index in [0.29, 0.717) is 5.92 Å². The van der Waals surface area contributed by atoms with Gasteiger partial charge in [0.15, 0.2) is 0 Å². The lowest BCUT2D eigenvalue weighted by atomic mass is 9.98. The SMILES string of the molecule is CC(C)c1c2n(c3c(O)cc(F)cc13)CCN(C)CC2. The topological polar surface area (TPSA) is 28.4 Å². The Balaban J connectivity index is 2.34. The van der Waals surface area contributed by atoms with Crippen molar-refractivity contribution >= 4 is 10.9 Å². The van der Waals surface area contributed by atoms with Crippen molar-refractivity contribution in [2.45, 2.75) is 32.7 Å². The smallest absolute Gasteiger partial charge is 0.142 e. The number of halogens is 1. The molecule has 0 aliphatic carbocycles. The molecule has 108 valence electrons. The third-order valence-electron chi connectivity index (χ3n) is 4.26. The lowest BCUT2D eigenvalue weighted by molar-refractivity contribution is 0.342. The molecule has 3 rings (SSSR count). The summed E-state index contributed by atoms with van der Waals surface area (Å²) >= 11 is 0. The molecule has 0 saturated carbocycles. The van der Waals surface area contributed by atoms with Crippen molar-refractivity contribution in [3.63, 3.8) is 0 Å². The second kappa shape index (κ2) is 4.77. The van der Waals surface area contributed by atoms with E-state index in [-0.39, 0.29) is 11.6 Å². The molecule has 1 aromatic heterocycles. The fourth-order valence-electron chi connectivity index (χ4n) is 3.35. The van der Waals surface area contributed by atoms with Gasteiger partial charge in [-0.1, -0.05) is 13.8 Å². The lowest BCUT2D eigenvalue weighted by Crippen LogP contribution is -2.21. The number of aromatic hydroxyl groups is 1. The van der Waals surface area contributed by atoms with E-state index in [9.17, 15) is 9.50 Å². The van der Waals surface area contributed by atoms with E-state index in [2.05, 4.69) is 30.4 Å². The van der Waals surface area contributed by atoms with Crippen LogP contribution in [-0.4, -0.2) is 34.7 Å². The van der Waals surface area contributed by atoms with Crippen LogP contribution in [0.5, 0.6) is 5.75 Å². The number of hydrogen-bond acceptors (Lipinski definition) is 2. The minimum absolute atomic E-state index is 0.0534. The number of aromatic nitrogens is 1. The number of benzene rings is 1. The molecule has 0 radical (unpaired) electrons. The summed E-state index contributed by atoms with van der Waals surface area (Å²) in [5.74, 6) is 0.00540. The van der Waals surface area contributed by atoms with Crippen LogP contribution in [0.1, 0.15) is 31.0 Å². The summed E-state index contributed by atoms with van der Waals surface area (Å²) in [6, 6.07) is 2.78. The van der Waals surface area contributed by atoms with Crippen molar-refractivity contribution in [1.29, 1.82) is 0 Å². The maximum absolute atomic E-state index is 13.7. The highest BCUT2D eigenvalue weighted by molar-refractivity contribution is 5.91. The molecular weight excluding hydrogens is 255 g/mol. The predicted octanol–water partition coefficient (Wildman–Crippen LogP) is 3.10. The van der Waals surface area contributed by atoms with Crippen molar-refractivity contribution in [3.05, 3.63) is 29.2 Å². The Morgan fingerprint density at radius 2 is 1.95 bits per heavy atom. The van der Waals surface area contributed by atoms with Crippen molar-refractivity contribution in [1.82, 2.24) is 9.47 Å². The van der Waals surface area contributed by atoms with Crippen LogP contribution >= 0.6 is 0 Å². The van der Waals surface area contributed by atoms with Gasteiger partial charge >= 0.3 is 0 Å². The molecule has 2 aromatic rings. The number of fused-ring (bicyclic) bond motifs is 3. The average molecular weight is 276 g/mol. The molecule has 1 N–H and O–H groups in total. The van der Waals surface area contributed by atoms with E-state index in [1.54, 1.807) is 6.07 Å². The molecule has 2 heterocycles. The highest BCUT2D eigenvalue weighted by Gasteiger charge is 2.24. The van der Waals surface area contributed by atoms with Crippen molar-refractivity contribution in [3.8, 4) is 5.75 Å². The summed E-state index contributed by atoms with van der Waals surface area (Å²) in [4.78, 5) is 2.30. The molecule has 1 aromatic carbocycles. The number of hydrogen-bond donors (Lipinski definition) is 1. The van der Waals surface area contributed by atoms with E-state index in [0.717, 1.165) is 37.0 Å². The molecule has 1 aliphatic rings.